The summed E-state index contributed by atoms with van der Waals surface area (Å²) in [5, 5.41) is 0. The molecule has 0 amide bonds. The molecule has 0 N–H and O–H groups in total. The number of rotatable bonds is 8. The van der Waals surface area contributed by atoms with Gasteiger partial charge in [-0.15, -0.1) is 0 Å². The second-order valence-electron chi connectivity index (χ2n) is 7.97. The summed E-state index contributed by atoms with van der Waals surface area (Å²) < 4.78 is 5.19. The molecule has 2 aromatic carbocycles. The molecule has 0 unspecified atom stereocenters. The van der Waals surface area contributed by atoms with Crippen LogP contribution < -0.4 is 0 Å². The van der Waals surface area contributed by atoms with Gasteiger partial charge in [-0.1, -0.05) is 81.1 Å². The summed E-state index contributed by atoms with van der Waals surface area (Å²) in [4.78, 5) is 0. The van der Waals surface area contributed by atoms with E-state index < -0.39 is 0 Å². The van der Waals surface area contributed by atoms with E-state index >= 15 is 0 Å². The first-order valence-corrected chi connectivity index (χ1v) is 10.5. The van der Waals surface area contributed by atoms with Gasteiger partial charge in [-0.25, -0.2) is 0 Å². The fourth-order valence-corrected chi connectivity index (χ4v) is 4.38. The second-order valence-corrected chi connectivity index (χ2v) is 7.97. The predicted octanol–water partition coefficient (Wildman–Crippen LogP) is 7.35. The molecule has 0 bridgehead atoms. The van der Waals surface area contributed by atoms with Crippen LogP contribution in [0.4, 0.5) is 0 Å². The van der Waals surface area contributed by atoms with E-state index in [1.165, 1.54) is 73.6 Å². The highest BCUT2D eigenvalue weighted by molar-refractivity contribution is 5.64. The van der Waals surface area contributed by atoms with Gasteiger partial charge in [0.25, 0.3) is 0 Å². The van der Waals surface area contributed by atoms with E-state index in [9.17, 15) is 0 Å². The lowest BCUT2D eigenvalue weighted by molar-refractivity contribution is 0.185. The third-order valence-electron chi connectivity index (χ3n) is 6.04. The molecule has 3 rings (SSSR count). The standard InChI is InChI=1S/C25H34O/c1-3-4-5-6-20-7-11-22(12-8-20)24-15-17-25(18-16-24)23-13-9-21(10-14-23)19-26-2/h9-10,13-18,20,22H,3-8,11-12,19H2,1-2H3. The number of hydrogen-bond acceptors (Lipinski definition) is 1. The average molecular weight is 351 g/mol. The molecule has 1 saturated carbocycles. The Morgan fingerprint density at radius 1 is 0.808 bits per heavy atom. The molecule has 1 aliphatic carbocycles. The van der Waals surface area contributed by atoms with Crippen molar-refractivity contribution < 1.29 is 4.74 Å². The van der Waals surface area contributed by atoms with Crippen LogP contribution in [-0.4, -0.2) is 7.11 Å². The van der Waals surface area contributed by atoms with Gasteiger partial charge in [0.1, 0.15) is 0 Å². The zero-order chi connectivity index (χ0) is 18.2. The van der Waals surface area contributed by atoms with Crippen LogP contribution in [0.15, 0.2) is 48.5 Å². The SMILES string of the molecule is CCCCCC1CCC(c2ccc(-c3ccc(COC)cc3)cc2)CC1. The molecule has 1 nitrogen and oxygen atoms in total. The summed E-state index contributed by atoms with van der Waals surface area (Å²) in [5.41, 5.74) is 5.36. The molecule has 1 fully saturated rings. The molecule has 0 aromatic heterocycles. The Labute approximate surface area is 159 Å². The Balaban J connectivity index is 1.55. The maximum Gasteiger partial charge on any atom is 0.0713 e. The van der Waals surface area contributed by atoms with Crippen molar-refractivity contribution in [2.75, 3.05) is 7.11 Å². The highest BCUT2D eigenvalue weighted by atomic mass is 16.5. The van der Waals surface area contributed by atoms with Crippen LogP contribution in [-0.2, 0) is 11.3 Å². The van der Waals surface area contributed by atoms with Crippen LogP contribution in [0, 0.1) is 5.92 Å². The van der Waals surface area contributed by atoms with Crippen LogP contribution in [0.3, 0.4) is 0 Å². The molecule has 0 radical (unpaired) electrons. The number of ether oxygens (including phenoxy) is 1. The lowest BCUT2D eigenvalue weighted by Gasteiger charge is -2.29. The summed E-state index contributed by atoms with van der Waals surface area (Å²) in [6.45, 7) is 2.98. The molecule has 0 aliphatic heterocycles. The third-order valence-corrected chi connectivity index (χ3v) is 6.04. The van der Waals surface area contributed by atoms with Crippen LogP contribution in [0.25, 0.3) is 11.1 Å². The van der Waals surface area contributed by atoms with Gasteiger partial charge in [0.15, 0.2) is 0 Å². The van der Waals surface area contributed by atoms with E-state index in [2.05, 4.69) is 55.5 Å². The lowest BCUT2D eigenvalue weighted by Crippen LogP contribution is -2.13. The lowest BCUT2D eigenvalue weighted by atomic mass is 9.77. The van der Waals surface area contributed by atoms with Crippen molar-refractivity contribution in [2.45, 2.75) is 70.8 Å². The Morgan fingerprint density at radius 2 is 1.42 bits per heavy atom. The molecule has 1 heteroatoms. The zero-order valence-corrected chi connectivity index (χ0v) is 16.5. The smallest absolute Gasteiger partial charge is 0.0713 e. The van der Waals surface area contributed by atoms with E-state index in [1.54, 1.807) is 7.11 Å². The summed E-state index contributed by atoms with van der Waals surface area (Å²) in [7, 11) is 1.74. The number of hydrogen-bond donors (Lipinski definition) is 0. The minimum Gasteiger partial charge on any atom is -0.380 e. The van der Waals surface area contributed by atoms with E-state index in [4.69, 9.17) is 4.74 Å². The minimum atomic E-state index is 0.681. The fraction of sp³-hybridized carbons (Fsp3) is 0.520. The summed E-state index contributed by atoms with van der Waals surface area (Å²) in [6, 6.07) is 18.0. The molecule has 1 aliphatic rings. The maximum absolute atomic E-state index is 5.19. The van der Waals surface area contributed by atoms with E-state index in [0.717, 1.165) is 11.8 Å². The van der Waals surface area contributed by atoms with Crippen molar-refractivity contribution in [2.24, 2.45) is 5.92 Å². The molecule has 2 aromatic rings. The summed E-state index contributed by atoms with van der Waals surface area (Å²) >= 11 is 0. The fourth-order valence-electron chi connectivity index (χ4n) is 4.38. The van der Waals surface area contributed by atoms with Crippen LogP contribution in [0.1, 0.15) is 75.3 Å². The summed E-state index contributed by atoms with van der Waals surface area (Å²) in [5.74, 6) is 1.76. The van der Waals surface area contributed by atoms with E-state index in [0.29, 0.717) is 6.61 Å². The Bertz CT molecular complexity index is 633. The first-order valence-electron chi connectivity index (χ1n) is 10.5. The zero-order valence-electron chi connectivity index (χ0n) is 16.5. The highest BCUT2D eigenvalue weighted by Gasteiger charge is 2.21. The van der Waals surface area contributed by atoms with Gasteiger partial charge in [0, 0.05) is 7.11 Å². The van der Waals surface area contributed by atoms with Crippen molar-refractivity contribution in [3.63, 3.8) is 0 Å². The summed E-state index contributed by atoms with van der Waals surface area (Å²) in [6.07, 6.45) is 11.3. The normalized spacial score (nSPS) is 20.2. The van der Waals surface area contributed by atoms with Crippen LogP contribution >= 0.6 is 0 Å². The molecule has 0 saturated heterocycles. The van der Waals surface area contributed by atoms with Gasteiger partial charge < -0.3 is 4.74 Å². The molecule has 0 heterocycles. The largest absolute Gasteiger partial charge is 0.380 e. The van der Waals surface area contributed by atoms with Gasteiger partial charge >= 0.3 is 0 Å². The minimum absolute atomic E-state index is 0.681. The van der Waals surface area contributed by atoms with E-state index in [1.807, 2.05) is 0 Å². The third kappa shape index (κ3) is 5.20. The van der Waals surface area contributed by atoms with Gasteiger partial charge in [-0.05, 0) is 59.8 Å². The van der Waals surface area contributed by atoms with Gasteiger partial charge in [-0.3, -0.25) is 0 Å². The Kier molecular flexibility index (Phi) is 7.32. The van der Waals surface area contributed by atoms with Crippen LogP contribution in [0.2, 0.25) is 0 Å². The monoisotopic (exact) mass is 350 g/mol. The van der Waals surface area contributed by atoms with Crippen LogP contribution in [0.5, 0.6) is 0 Å². The molecule has 26 heavy (non-hydrogen) atoms. The first kappa shape index (κ1) is 19.2. The quantitative estimate of drug-likeness (QED) is 0.452. The predicted molar refractivity (Wildman–Crippen MR) is 111 cm³/mol. The van der Waals surface area contributed by atoms with Crippen molar-refractivity contribution in [3.8, 4) is 11.1 Å². The number of unbranched alkanes of at least 4 members (excludes halogenated alkanes) is 2. The highest BCUT2D eigenvalue weighted by Crippen LogP contribution is 2.38. The van der Waals surface area contributed by atoms with Crippen molar-refractivity contribution in [1.29, 1.82) is 0 Å². The van der Waals surface area contributed by atoms with Gasteiger partial charge in [0.05, 0.1) is 6.61 Å². The number of methoxy groups -OCH3 is 1. The average Bonchev–Trinajstić information content (AvgIpc) is 2.70. The topological polar surface area (TPSA) is 9.23 Å². The molecular formula is C25H34O. The Morgan fingerprint density at radius 3 is 2.00 bits per heavy atom. The number of benzene rings is 2. The molecular weight excluding hydrogens is 316 g/mol. The van der Waals surface area contributed by atoms with Crippen molar-refractivity contribution in [1.82, 2.24) is 0 Å². The van der Waals surface area contributed by atoms with Gasteiger partial charge in [-0.2, -0.15) is 0 Å². The van der Waals surface area contributed by atoms with Crippen molar-refractivity contribution in [3.05, 3.63) is 59.7 Å². The molecule has 140 valence electrons. The van der Waals surface area contributed by atoms with E-state index in [-0.39, 0.29) is 0 Å². The van der Waals surface area contributed by atoms with Gasteiger partial charge in [0.2, 0.25) is 0 Å². The second kappa shape index (κ2) is 9.92. The van der Waals surface area contributed by atoms with Crippen molar-refractivity contribution >= 4 is 0 Å². The Hall–Kier alpha value is -1.60. The maximum atomic E-state index is 5.19. The molecule has 0 spiro atoms. The molecule has 0 atom stereocenters. The first-order chi connectivity index (χ1) is 12.8.